The molecular formula is C20H16N4O3S3. The number of thiazole rings is 1. The maximum absolute atomic E-state index is 12.4. The molecule has 0 saturated heterocycles. The Morgan fingerprint density at radius 1 is 1.00 bits per heavy atom. The van der Waals surface area contributed by atoms with Crippen LogP contribution in [0.2, 0.25) is 0 Å². The van der Waals surface area contributed by atoms with Gasteiger partial charge in [0.2, 0.25) is 5.91 Å². The molecule has 0 aliphatic carbocycles. The number of carbonyl (C=O) groups excluding carboxylic acids is 1. The Kier molecular flexibility index (Phi) is 5.98. The van der Waals surface area contributed by atoms with Crippen molar-refractivity contribution in [2.75, 3.05) is 15.8 Å². The predicted molar refractivity (Wildman–Crippen MR) is 120 cm³/mol. The number of para-hydroxylation sites is 1. The van der Waals surface area contributed by atoms with E-state index < -0.39 is 10.0 Å². The molecule has 152 valence electrons. The van der Waals surface area contributed by atoms with E-state index in [9.17, 15) is 13.2 Å². The van der Waals surface area contributed by atoms with Crippen LogP contribution in [0.15, 0.2) is 82.2 Å². The molecule has 0 radical (unpaired) electrons. The summed E-state index contributed by atoms with van der Waals surface area (Å²) in [5.41, 5.74) is 1.43. The lowest BCUT2D eigenvalue weighted by Gasteiger charge is -2.08. The molecule has 4 rings (SSSR count). The Morgan fingerprint density at radius 2 is 1.77 bits per heavy atom. The summed E-state index contributed by atoms with van der Waals surface area (Å²) in [6, 6.07) is 18.7. The second kappa shape index (κ2) is 8.82. The van der Waals surface area contributed by atoms with E-state index in [1.54, 1.807) is 41.7 Å². The Hall–Kier alpha value is -2.95. The number of amides is 1. The van der Waals surface area contributed by atoms with Gasteiger partial charge < -0.3 is 5.32 Å². The van der Waals surface area contributed by atoms with Crippen molar-refractivity contribution >= 4 is 60.8 Å². The first-order valence-electron chi connectivity index (χ1n) is 8.82. The summed E-state index contributed by atoms with van der Waals surface area (Å²) in [5, 5.41) is 2.76. The number of pyridine rings is 1. The van der Waals surface area contributed by atoms with Gasteiger partial charge in [0.1, 0.15) is 5.82 Å². The molecule has 1 amide bonds. The van der Waals surface area contributed by atoms with E-state index in [0.717, 1.165) is 14.6 Å². The van der Waals surface area contributed by atoms with Gasteiger partial charge in [-0.05, 0) is 48.5 Å². The molecule has 0 bridgehead atoms. The predicted octanol–water partition coefficient (Wildman–Crippen LogP) is 4.22. The molecule has 0 saturated carbocycles. The molecule has 0 fully saturated rings. The van der Waals surface area contributed by atoms with Gasteiger partial charge in [-0.25, -0.2) is 18.4 Å². The van der Waals surface area contributed by atoms with E-state index in [2.05, 4.69) is 20.0 Å². The molecule has 7 nitrogen and oxygen atoms in total. The van der Waals surface area contributed by atoms with Crippen molar-refractivity contribution in [2.45, 2.75) is 9.24 Å². The quantitative estimate of drug-likeness (QED) is 0.404. The normalized spacial score (nSPS) is 11.3. The molecule has 0 spiro atoms. The minimum Gasteiger partial charge on any atom is -0.325 e. The van der Waals surface area contributed by atoms with Gasteiger partial charge in [-0.2, -0.15) is 0 Å². The van der Waals surface area contributed by atoms with Gasteiger partial charge in [-0.15, -0.1) is 11.3 Å². The molecule has 4 aromatic rings. The third-order valence-electron chi connectivity index (χ3n) is 3.95. The zero-order valence-corrected chi connectivity index (χ0v) is 17.9. The Morgan fingerprint density at radius 3 is 2.50 bits per heavy atom. The molecule has 30 heavy (non-hydrogen) atoms. The number of sulfonamides is 1. The highest BCUT2D eigenvalue weighted by Gasteiger charge is 2.15. The monoisotopic (exact) mass is 456 g/mol. The maximum atomic E-state index is 12.4. The summed E-state index contributed by atoms with van der Waals surface area (Å²) < 4.78 is 29.2. The van der Waals surface area contributed by atoms with E-state index in [1.807, 2.05) is 24.3 Å². The SMILES string of the molecule is O=C(CSc1nc2ccccc2s1)Nc1ccc(S(=O)(=O)Nc2ccccn2)cc1. The average Bonchev–Trinajstić information content (AvgIpc) is 3.16. The van der Waals surface area contributed by atoms with Crippen LogP contribution < -0.4 is 10.0 Å². The Balaban J connectivity index is 1.35. The zero-order chi connectivity index (χ0) is 21.0. The van der Waals surface area contributed by atoms with Crippen molar-refractivity contribution in [3.8, 4) is 0 Å². The van der Waals surface area contributed by atoms with E-state index >= 15 is 0 Å². The highest BCUT2D eigenvalue weighted by Crippen LogP contribution is 2.29. The summed E-state index contributed by atoms with van der Waals surface area (Å²) in [4.78, 5) is 20.7. The van der Waals surface area contributed by atoms with Crippen LogP contribution >= 0.6 is 23.1 Å². The first-order valence-corrected chi connectivity index (χ1v) is 12.1. The number of nitrogens with zero attached hydrogens (tertiary/aromatic N) is 2. The van der Waals surface area contributed by atoms with E-state index in [4.69, 9.17) is 0 Å². The van der Waals surface area contributed by atoms with Crippen LogP contribution in [0.5, 0.6) is 0 Å². The van der Waals surface area contributed by atoms with Crippen LogP contribution in [0.1, 0.15) is 0 Å². The maximum Gasteiger partial charge on any atom is 0.263 e. The van der Waals surface area contributed by atoms with Crippen LogP contribution in [0.4, 0.5) is 11.5 Å². The molecule has 2 aromatic heterocycles. The van der Waals surface area contributed by atoms with Gasteiger partial charge in [0.25, 0.3) is 10.0 Å². The third kappa shape index (κ3) is 4.96. The number of fused-ring (bicyclic) bond motifs is 1. The number of aromatic nitrogens is 2. The van der Waals surface area contributed by atoms with Gasteiger partial charge >= 0.3 is 0 Å². The van der Waals surface area contributed by atoms with Crippen LogP contribution in [0, 0.1) is 0 Å². The Labute approximate surface area is 181 Å². The minimum absolute atomic E-state index is 0.0787. The fourth-order valence-corrected chi connectivity index (χ4v) is 5.45. The lowest BCUT2D eigenvalue weighted by atomic mass is 10.3. The fraction of sp³-hybridized carbons (Fsp3) is 0.0500. The molecule has 2 aromatic carbocycles. The van der Waals surface area contributed by atoms with Gasteiger partial charge in [0.15, 0.2) is 4.34 Å². The second-order valence-corrected chi connectivity index (χ2v) is 10.1. The molecule has 2 N–H and O–H groups in total. The molecule has 2 heterocycles. The van der Waals surface area contributed by atoms with Gasteiger partial charge in [0.05, 0.1) is 20.9 Å². The molecule has 0 aliphatic rings. The lowest BCUT2D eigenvalue weighted by Crippen LogP contribution is -2.15. The lowest BCUT2D eigenvalue weighted by molar-refractivity contribution is -0.113. The first-order chi connectivity index (χ1) is 14.5. The molecule has 0 atom stereocenters. The number of benzene rings is 2. The van der Waals surface area contributed by atoms with Gasteiger partial charge in [-0.1, -0.05) is 30.0 Å². The smallest absolute Gasteiger partial charge is 0.263 e. The number of hydrogen-bond donors (Lipinski definition) is 2. The highest BCUT2D eigenvalue weighted by molar-refractivity contribution is 8.01. The van der Waals surface area contributed by atoms with Gasteiger partial charge in [0, 0.05) is 11.9 Å². The largest absolute Gasteiger partial charge is 0.325 e. The molecular weight excluding hydrogens is 440 g/mol. The van der Waals surface area contributed by atoms with E-state index in [0.29, 0.717) is 5.69 Å². The van der Waals surface area contributed by atoms with Crippen LogP contribution in [-0.4, -0.2) is 30.0 Å². The van der Waals surface area contributed by atoms with E-state index in [-0.39, 0.29) is 22.4 Å². The zero-order valence-electron chi connectivity index (χ0n) is 15.5. The second-order valence-electron chi connectivity index (χ2n) is 6.13. The fourth-order valence-electron chi connectivity index (χ4n) is 2.57. The summed E-state index contributed by atoms with van der Waals surface area (Å²) in [7, 11) is -3.75. The van der Waals surface area contributed by atoms with E-state index in [1.165, 1.54) is 30.1 Å². The molecule has 0 aliphatic heterocycles. The van der Waals surface area contributed by atoms with Crippen molar-refractivity contribution in [2.24, 2.45) is 0 Å². The standard InChI is InChI=1S/C20H16N4O3S3/c25-19(13-28-20-23-16-5-1-2-6-17(16)29-20)22-14-8-10-15(11-9-14)30(26,27)24-18-7-3-4-12-21-18/h1-12H,13H2,(H,21,24)(H,22,25). The summed E-state index contributed by atoms with van der Waals surface area (Å²) in [6.45, 7) is 0. The van der Waals surface area contributed by atoms with Crippen LogP contribution in [0.3, 0.4) is 0 Å². The Bertz CT molecular complexity index is 1240. The van der Waals surface area contributed by atoms with Crippen LogP contribution in [0.25, 0.3) is 10.2 Å². The van der Waals surface area contributed by atoms with Crippen molar-refractivity contribution in [1.82, 2.24) is 9.97 Å². The van der Waals surface area contributed by atoms with Crippen molar-refractivity contribution < 1.29 is 13.2 Å². The van der Waals surface area contributed by atoms with Crippen molar-refractivity contribution in [3.05, 3.63) is 72.9 Å². The topological polar surface area (TPSA) is 101 Å². The minimum atomic E-state index is -3.75. The van der Waals surface area contributed by atoms with Crippen molar-refractivity contribution in [1.29, 1.82) is 0 Å². The number of nitrogens with one attached hydrogen (secondary N) is 2. The summed E-state index contributed by atoms with van der Waals surface area (Å²) in [6.07, 6.45) is 1.50. The summed E-state index contributed by atoms with van der Waals surface area (Å²) in [5.74, 6) is 0.254. The molecule has 0 unspecified atom stereocenters. The molecule has 10 heteroatoms. The summed E-state index contributed by atoms with van der Waals surface area (Å²) >= 11 is 2.91. The number of thioether (sulfide) groups is 1. The number of carbonyl (C=O) groups is 1. The third-order valence-corrected chi connectivity index (χ3v) is 7.50. The average molecular weight is 457 g/mol. The van der Waals surface area contributed by atoms with Crippen molar-refractivity contribution in [3.63, 3.8) is 0 Å². The number of rotatable bonds is 7. The highest BCUT2D eigenvalue weighted by atomic mass is 32.2. The first kappa shape index (κ1) is 20.3. The number of hydrogen-bond acceptors (Lipinski definition) is 7. The van der Waals surface area contributed by atoms with Crippen LogP contribution in [-0.2, 0) is 14.8 Å². The number of anilines is 2. The van der Waals surface area contributed by atoms with Gasteiger partial charge in [-0.3, -0.25) is 9.52 Å².